The largest absolute Gasteiger partial charge is 0.497 e. The molecule has 2 unspecified atom stereocenters. The Hall–Kier alpha value is -2.84. The monoisotopic (exact) mass is 334 g/mol. The molecule has 4 rings (SSSR count). The molecule has 1 aromatic heterocycles. The van der Waals surface area contributed by atoms with Crippen molar-refractivity contribution in [3.8, 4) is 17.6 Å². The van der Waals surface area contributed by atoms with Crippen LogP contribution in [0.25, 0.3) is 10.1 Å². The zero-order valence-electron chi connectivity index (χ0n) is 12.9. The Morgan fingerprint density at radius 1 is 1.25 bits per heavy atom. The summed E-state index contributed by atoms with van der Waals surface area (Å²) >= 11 is 1.64. The standard InChI is InChI=1S/C19H14N2O2S/c1-22-12-4-2-3-11(9-12)17-14-5-6-16-13(7-8-24-16)18(14)23-19(21)15(17)10-20/h2-9,15,17,21H,1H3. The van der Waals surface area contributed by atoms with E-state index in [-0.39, 0.29) is 11.8 Å². The maximum atomic E-state index is 9.62. The maximum Gasteiger partial charge on any atom is 0.205 e. The van der Waals surface area contributed by atoms with Crippen LogP contribution in [0.2, 0.25) is 0 Å². The van der Waals surface area contributed by atoms with Gasteiger partial charge >= 0.3 is 0 Å². The van der Waals surface area contributed by atoms with Crippen LogP contribution in [0, 0.1) is 22.7 Å². The summed E-state index contributed by atoms with van der Waals surface area (Å²) in [7, 11) is 1.62. The van der Waals surface area contributed by atoms with Gasteiger partial charge in [0.2, 0.25) is 5.90 Å². The van der Waals surface area contributed by atoms with Gasteiger partial charge in [0.1, 0.15) is 17.4 Å². The van der Waals surface area contributed by atoms with Crippen LogP contribution in [0.3, 0.4) is 0 Å². The van der Waals surface area contributed by atoms with Gasteiger partial charge in [-0.2, -0.15) is 5.26 Å². The summed E-state index contributed by atoms with van der Waals surface area (Å²) in [6, 6.07) is 16.0. The Balaban J connectivity index is 1.96. The van der Waals surface area contributed by atoms with E-state index in [0.717, 1.165) is 27.0 Å². The number of hydrogen-bond acceptors (Lipinski definition) is 5. The van der Waals surface area contributed by atoms with Crippen molar-refractivity contribution in [1.29, 1.82) is 10.7 Å². The van der Waals surface area contributed by atoms with Gasteiger partial charge in [-0.05, 0) is 35.2 Å². The Labute approximate surface area is 143 Å². The van der Waals surface area contributed by atoms with Crippen molar-refractivity contribution in [3.05, 3.63) is 59.0 Å². The Kier molecular flexibility index (Phi) is 3.47. The third kappa shape index (κ3) is 2.15. The predicted molar refractivity (Wildman–Crippen MR) is 94.1 cm³/mol. The molecule has 3 aromatic rings. The molecule has 0 fully saturated rings. The lowest BCUT2D eigenvalue weighted by Crippen LogP contribution is -2.31. The molecule has 24 heavy (non-hydrogen) atoms. The van der Waals surface area contributed by atoms with Gasteiger partial charge in [0, 0.05) is 21.6 Å². The van der Waals surface area contributed by atoms with Crippen LogP contribution in [0.15, 0.2) is 47.8 Å². The van der Waals surface area contributed by atoms with Crippen molar-refractivity contribution in [3.63, 3.8) is 0 Å². The quantitative estimate of drug-likeness (QED) is 0.747. The molecule has 0 bridgehead atoms. The van der Waals surface area contributed by atoms with Crippen LogP contribution >= 0.6 is 11.3 Å². The van der Waals surface area contributed by atoms with Gasteiger partial charge in [0.25, 0.3) is 0 Å². The van der Waals surface area contributed by atoms with Gasteiger partial charge in [-0.25, -0.2) is 0 Å². The Morgan fingerprint density at radius 3 is 2.92 bits per heavy atom. The van der Waals surface area contributed by atoms with Crippen molar-refractivity contribution >= 4 is 27.3 Å². The smallest absolute Gasteiger partial charge is 0.205 e. The van der Waals surface area contributed by atoms with Crippen LogP contribution in [0.5, 0.6) is 11.5 Å². The summed E-state index contributed by atoms with van der Waals surface area (Å²) in [5.41, 5.74) is 1.89. The number of methoxy groups -OCH3 is 1. The maximum absolute atomic E-state index is 9.62. The molecular weight excluding hydrogens is 320 g/mol. The van der Waals surface area contributed by atoms with Crippen molar-refractivity contribution in [2.24, 2.45) is 5.92 Å². The number of ether oxygens (including phenoxy) is 2. The average molecular weight is 334 g/mol. The second-order valence-corrected chi connectivity index (χ2v) is 6.59. The van der Waals surface area contributed by atoms with Crippen molar-refractivity contribution in [2.45, 2.75) is 5.92 Å². The van der Waals surface area contributed by atoms with Gasteiger partial charge in [-0.1, -0.05) is 18.2 Å². The lowest BCUT2D eigenvalue weighted by molar-refractivity contribution is 0.412. The molecule has 0 spiro atoms. The molecule has 0 radical (unpaired) electrons. The summed E-state index contributed by atoms with van der Waals surface area (Å²) in [5, 5.41) is 20.8. The van der Waals surface area contributed by atoms with E-state index in [0.29, 0.717) is 5.75 Å². The molecule has 0 saturated heterocycles. The lowest BCUT2D eigenvalue weighted by atomic mass is 9.78. The number of hydrogen-bond donors (Lipinski definition) is 1. The minimum Gasteiger partial charge on any atom is -0.497 e. The highest BCUT2D eigenvalue weighted by atomic mass is 32.1. The van der Waals surface area contributed by atoms with Crippen LogP contribution in [-0.2, 0) is 0 Å². The van der Waals surface area contributed by atoms with E-state index in [1.54, 1.807) is 18.4 Å². The first-order chi connectivity index (χ1) is 11.7. The lowest BCUT2D eigenvalue weighted by Gasteiger charge is -2.30. The predicted octanol–water partition coefficient (Wildman–Crippen LogP) is 4.55. The van der Waals surface area contributed by atoms with Crippen molar-refractivity contribution < 1.29 is 9.47 Å². The van der Waals surface area contributed by atoms with Crippen molar-refractivity contribution in [1.82, 2.24) is 0 Å². The highest BCUT2D eigenvalue weighted by Gasteiger charge is 2.37. The van der Waals surface area contributed by atoms with E-state index in [4.69, 9.17) is 14.9 Å². The van der Waals surface area contributed by atoms with Gasteiger partial charge < -0.3 is 9.47 Å². The number of nitrogens with one attached hydrogen (secondary N) is 1. The number of thiophene rings is 1. The molecule has 1 aliphatic heterocycles. The molecular formula is C19H14N2O2S. The molecule has 1 aliphatic rings. The van der Waals surface area contributed by atoms with E-state index < -0.39 is 5.92 Å². The summed E-state index contributed by atoms with van der Waals surface area (Å²) in [4.78, 5) is 0. The zero-order valence-corrected chi connectivity index (χ0v) is 13.8. The summed E-state index contributed by atoms with van der Waals surface area (Å²) in [6.45, 7) is 0. The van der Waals surface area contributed by atoms with E-state index in [1.165, 1.54) is 0 Å². The molecule has 118 valence electrons. The molecule has 0 saturated carbocycles. The van der Waals surface area contributed by atoms with Gasteiger partial charge in [-0.15, -0.1) is 11.3 Å². The number of nitriles is 1. The molecule has 5 heteroatoms. The fraction of sp³-hybridized carbons (Fsp3) is 0.158. The average Bonchev–Trinajstić information content (AvgIpc) is 3.09. The number of rotatable bonds is 2. The molecule has 4 nitrogen and oxygen atoms in total. The van der Waals surface area contributed by atoms with Crippen molar-refractivity contribution in [2.75, 3.05) is 7.11 Å². The van der Waals surface area contributed by atoms with E-state index >= 15 is 0 Å². The topological polar surface area (TPSA) is 66.1 Å². The summed E-state index contributed by atoms with van der Waals surface area (Å²) in [6.07, 6.45) is 0. The first-order valence-corrected chi connectivity index (χ1v) is 8.41. The molecule has 2 atom stereocenters. The third-order valence-electron chi connectivity index (χ3n) is 4.37. The molecule has 2 heterocycles. The summed E-state index contributed by atoms with van der Waals surface area (Å²) in [5.74, 6) is 0.529. The van der Waals surface area contributed by atoms with Crippen LogP contribution in [-0.4, -0.2) is 13.0 Å². The fourth-order valence-electron chi connectivity index (χ4n) is 3.24. The Bertz CT molecular complexity index is 986. The molecule has 0 aliphatic carbocycles. The second kappa shape index (κ2) is 5.66. The van der Waals surface area contributed by atoms with E-state index in [9.17, 15) is 5.26 Å². The minimum atomic E-state index is -0.652. The first-order valence-electron chi connectivity index (χ1n) is 7.53. The Morgan fingerprint density at radius 2 is 2.12 bits per heavy atom. The zero-order chi connectivity index (χ0) is 16.7. The van der Waals surface area contributed by atoms with Gasteiger partial charge in [-0.3, -0.25) is 5.41 Å². The molecule has 0 amide bonds. The highest BCUT2D eigenvalue weighted by molar-refractivity contribution is 7.17. The molecule has 2 aromatic carbocycles. The number of nitrogens with zero attached hydrogens (tertiary/aromatic N) is 1. The fourth-order valence-corrected chi connectivity index (χ4v) is 4.02. The second-order valence-electron chi connectivity index (χ2n) is 5.64. The van der Waals surface area contributed by atoms with E-state index in [2.05, 4.69) is 12.1 Å². The summed E-state index contributed by atoms with van der Waals surface area (Å²) < 4.78 is 12.2. The van der Waals surface area contributed by atoms with Crippen LogP contribution in [0.1, 0.15) is 17.0 Å². The van der Waals surface area contributed by atoms with Crippen LogP contribution < -0.4 is 9.47 Å². The SMILES string of the molecule is COc1cccc(C2c3ccc4sccc4c3OC(=N)C2C#N)c1. The number of benzene rings is 2. The molecule has 1 N–H and O–H groups in total. The van der Waals surface area contributed by atoms with E-state index in [1.807, 2.05) is 41.8 Å². The minimum absolute atomic E-state index is 0.00322. The van der Waals surface area contributed by atoms with Gasteiger partial charge in [0.15, 0.2) is 0 Å². The van der Waals surface area contributed by atoms with Crippen LogP contribution in [0.4, 0.5) is 0 Å². The first kappa shape index (κ1) is 14.7. The normalized spacial score (nSPS) is 19.4. The highest BCUT2D eigenvalue weighted by Crippen LogP contribution is 2.46. The van der Waals surface area contributed by atoms with Gasteiger partial charge in [0.05, 0.1) is 13.2 Å². The number of fused-ring (bicyclic) bond motifs is 3. The third-order valence-corrected chi connectivity index (χ3v) is 5.25.